The molecule has 6 nitrogen and oxygen atoms in total. The minimum absolute atomic E-state index is 0.0236. The zero-order chi connectivity index (χ0) is 17.6. The monoisotopic (exact) mass is 343 g/mol. The number of amides is 1. The minimum Gasteiger partial charge on any atom is -0.472 e. The SMILES string of the molecule is CCOC1CC(N(C)C(=O)c2cn(C)nc2-c2ccoc2)C12CCC2. The Labute approximate surface area is 147 Å². The van der Waals surface area contributed by atoms with E-state index in [1.807, 2.05) is 32.0 Å². The summed E-state index contributed by atoms with van der Waals surface area (Å²) in [4.78, 5) is 15.1. The number of hydrogen-bond acceptors (Lipinski definition) is 4. The molecule has 6 heteroatoms. The van der Waals surface area contributed by atoms with Crippen molar-refractivity contribution >= 4 is 5.91 Å². The van der Waals surface area contributed by atoms with Crippen molar-refractivity contribution in [2.24, 2.45) is 12.5 Å². The second kappa shape index (κ2) is 6.02. The highest BCUT2D eigenvalue weighted by atomic mass is 16.5. The third-order valence-electron chi connectivity index (χ3n) is 6.04. The van der Waals surface area contributed by atoms with Crippen LogP contribution < -0.4 is 0 Å². The van der Waals surface area contributed by atoms with Gasteiger partial charge < -0.3 is 14.1 Å². The molecule has 134 valence electrons. The fourth-order valence-corrected chi connectivity index (χ4v) is 4.53. The molecule has 2 unspecified atom stereocenters. The normalized spacial score (nSPS) is 24.0. The maximum absolute atomic E-state index is 13.2. The average Bonchev–Trinajstić information content (AvgIpc) is 3.17. The van der Waals surface area contributed by atoms with Gasteiger partial charge >= 0.3 is 0 Å². The molecule has 2 aromatic rings. The van der Waals surface area contributed by atoms with E-state index in [0.717, 1.165) is 31.4 Å². The summed E-state index contributed by atoms with van der Waals surface area (Å²) in [5.74, 6) is 0.0236. The van der Waals surface area contributed by atoms with Crippen molar-refractivity contribution in [1.29, 1.82) is 0 Å². The van der Waals surface area contributed by atoms with Gasteiger partial charge in [-0.05, 0) is 32.3 Å². The van der Waals surface area contributed by atoms with Crippen LogP contribution in [-0.2, 0) is 11.8 Å². The molecular formula is C19H25N3O3. The lowest BCUT2D eigenvalue weighted by atomic mass is 9.50. The van der Waals surface area contributed by atoms with E-state index in [1.54, 1.807) is 23.4 Å². The second-order valence-corrected chi connectivity index (χ2v) is 7.28. The Hall–Kier alpha value is -2.08. The molecule has 4 rings (SSSR count). The molecule has 2 saturated carbocycles. The number of carbonyl (C=O) groups excluding carboxylic acids is 1. The third-order valence-corrected chi connectivity index (χ3v) is 6.04. The topological polar surface area (TPSA) is 60.5 Å². The molecule has 1 spiro atoms. The van der Waals surface area contributed by atoms with Gasteiger partial charge in [-0.1, -0.05) is 6.42 Å². The molecule has 2 fully saturated rings. The van der Waals surface area contributed by atoms with Crippen LogP contribution in [0.5, 0.6) is 0 Å². The first-order valence-corrected chi connectivity index (χ1v) is 9.02. The second-order valence-electron chi connectivity index (χ2n) is 7.28. The summed E-state index contributed by atoms with van der Waals surface area (Å²) in [6.45, 7) is 2.78. The Balaban J connectivity index is 1.58. The number of nitrogens with zero attached hydrogens (tertiary/aromatic N) is 3. The molecule has 0 N–H and O–H groups in total. The van der Waals surface area contributed by atoms with E-state index in [4.69, 9.17) is 9.15 Å². The highest BCUT2D eigenvalue weighted by molar-refractivity contribution is 5.99. The van der Waals surface area contributed by atoms with Gasteiger partial charge in [0.15, 0.2) is 0 Å². The van der Waals surface area contributed by atoms with Crippen LogP contribution in [-0.4, -0.2) is 46.4 Å². The standard InChI is InChI=1S/C19H25N3O3/c1-4-25-16-10-15(19(16)7-5-8-19)22(3)18(23)14-11-21(2)20-17(14)13-6-9-24-12-13/h6,9,11-12,15-16H,4-5,7-8,10H2,1-3H3. The van der Waals surface area contributed by atoms with E-state index in [9.17, 15) is 4.79 Å². The molecule has 0 bridgehead atoms. The van der Waals surface area contributed by atoms with Crippen LogP contribution in [0.25, 0.3) is 11.3 Å². The summed E-state index contributed by atoms with van der Waals surface area (Å²) in [5, 5.41) is 4.46. The largest absolute Gasteiger partial charge is 0.472 e. The zero-order valence-corrected chi connectivity index (χ0v) is 15.1. The van der Waals surface area contributed by atoms with Gasteiger partial charge in [-0.25, -0.2) is 0 Å². The van der Waals surface area contributed by atoms with Gasteiger partial charge in [0, 0.05) is 43.9 Å². The van der Waals surface area contributed by atoms with E-state index >= 15 is 0 Å². The van der Waals surface area contributed by atoms with Crippen LogP contribution in [0.4, 0.5) is 0 Å². The predicted molar refractivity (Wildman–Crippen MR) is 93.1 cm³/mol. The predicted octanol–water partition coefficient (Wildman–Crippen LogP) is 3.10. The Morgan fingerprint density at radius 2 is 2.32 bits per heavy atom. The van der Waals surface area contributed by atoms with E-state index in [-0.39, 0.29) is 17.4 Å². The van der Waals surface area contributed by atoms with Gasteiger partial charge in [-0.2, -0.15) is 5.10 Å². The Bertz CT molecular complexity index is 761. The van der Waals surface area contributed by atoms with Crippen LogP contribution in [0.1, 0.15) is 43.0 Å². The molecule has 2 aliphatic carbocycles. The third kappa shape index (κ3) is 2.42. The number of rotatable bonds is 5. The van der Waals surface area contributed by atoms with E-state index in [0.29, 0.717) is 17.4 Å². The van der Waals surface area contributed by atoms with Crippen molar-refractivity contribution in [3.05, 3.63) is 30.4 Å². The lowest BCUT2D eigenvalue weighted by Crippen LogP contribution is -2.67. The molecule has 0 aliphatic heterocycles. The van der Waals surface area contributed by atoms with Crippen LogP contribution in [0.3, 0.4) is 0 Å². The average molecular weight is 343 g/mol. The van der Waals surface area contributed by atoms with Gasteiger partial charge in [0.05, 0.1) is 24.2 Å². The fraction of sp³-hybridized carbons (Fsp3) is 0.579. The van der Waals surface area contributed by atoms with Gasteiger partial charge in [-0.15, -0.1) is 0 Å². The first kappa shape index (κ1) is 16.4. The number of aryl methyl sites for hydroxylation is 1. The molecular weight excluding hydrogens is 318 g/mol. The molecule has 0 aromatic carbocycles. The zero-order valence-electron chi connectivity index (χ0n) is 15.1. The number of aromatic nitrogens is 2. The summed E-state index contributed by atoms with van der Waals surface area (Å²) in [6.07, 6.45) is 9.79. The van der Waals surface area contributed by atoms with Crippen molar-refractivity contribution in [3.63, 3.8) is 0 Å². The first-order valence-electron chi connectivity index (χ1n) is 9.02. The molecule has 2 aliphatic rings. The first-order chi connectivity index (χ1) is 12.1. The van der Waals surface area contributed by atoms with Gasteiger partial charge in [0.1, 0.15) is 5.69 Å². The number of carbonyl (C=O) groups is 1. The van der Waals surface area contributed by atoms with Crippen molar-refractivity contribution < 1.29 is 13.9 Å². The van der Waals surface area contributed by atoms with Crippen LogP contribution in [0.15, 0.2) is 29.2 Å². The summed E-state index contributed by atoms with van der Waals surface area (Å²) in [6, 6.07) is 2.09. The molecule has 2 heterocycles. The molecule has 0 saturated heterocycles. The lowest BCUT2D eigenvalue weighted by molar-refractivity contribution is -0.192. The van der Waals surface area contributed by atoms with Crippen molar-refractivity contribution in [3.8, 4) is 11.3 Å². The highest BCUT2D eigenvalue weighted by Crippen LogP contribution is 2.59. The van der Waals surface area contributed by atoms with Gasteiger partial charge in [0.2, 0.25) is 0 Å². The minimum atomic E-state index is 0.0236. The van der Waals surface area contributed by atoms with E-state index in [1.165, 1.54) is 6.42 Å². The van der Waals surface area contributed by atoms with E-state index in [2.05, 4.69) is 5.10 Å². The summed E-state index contributed by atoms with van der Waals surface area (Å²) < 4.78 is 12.8. The Kier molecular flexibility index (Phi) is 3.95. The van der Waals surface area contributed by atoms with Gasteiger partial charge in [-0.3, -0.25) is 9.48 Å². The maximum Gasteiger partial charge on any atom is 0.257 e. The van der Waals surface area contributed by atoms with Crippen molar-refractivity contribution in [1.82, 2.24) is 14.7 Å². The summed E-state index contributed by atoms with van der Waals surface area (Å²) in [7, 11) is 3.75. The maximum atomic E-state index is 13.2. The van der Waals surface area contributed by atoms with Crippen molar-refractivity contribution in [2.75, 3.05) is 13.7 Å². The van der Waals surface area contributed by atoms with Crippen LogP contribution in [0.2, 0.25) is 0 Å². The Morgan fingerprint density at radius 3 is 2.92 bits per heavy atom. The smallest absolute Gasteiger partial charge is 0.257 e. The molecule has 2 atom stereocenters. The number of ether oxygens (including phenoxy) is 1. The molecule has 1 amide bonds. The van der Waals surface area contributed by atoms with Crippen LogP contribution in [0, 0.1) is 5.41 Å². The molecule has 2 aromatic heterocycles. The summed E-state index contributed by atoms with van der Waals surface area (Å²) >= 11 is 0. The quantitative estimate of drug-likeness (QED) is 0.837. The lowest BCUT2D eigenvalue weighted by Gasteiger charge is -2.63. The number of hydrogen-bond donors (Lipinski definition) is 0. The highest BCUT2D eigenvalue weighted by Gasteiger charge is 2.61. The summed E-state index contributed by atoms with van der Waals surface area (Å²) in [5.41, 5.74) is 2.30. The fourth-order valence-electron chi connectivity index (χ4n) is 4.53. The Morgan fingerprint density at radius 1 is 1.52 bits per heavy atom. The molecule has 25 heavy (non-hydrogen) atoms. The van der Waals surface area contributed by atoms with E-state index < -0.39 is 0 Å². The number of furan rings is 1. The molecule has 0 radical (unpaired) electrons. The van der Waals surface area contributed by atoms with Gasteiger partial charge in [0.25, 0.3) is 5.91 Å². The van der Waals surface area contributed by atoms with Crippen molar-refractivity contribution in [2.45, 2.75) is 44.8 Å². The van der Waals surface area contributed by atoms with Crippen LogP contribution >= 0.6 is 0 Å².